The van der Waals surface area contributed by atoms with E-state index in [1.54, 1.807) is 10.3 Å². The second-order valence-electron chi connectivity index (χ2n) is 4.84. The molecule has 25 heavy (non-hydrogen) atoms. The minimum absolute atomic E-state index is 0.0729. The largest absolute Gasteiger partial charge is 0.504 e. The van der Waals surface area contributed by atoms with Gasteiger partial charge in [-0.1, -0.05) is 0 Å². The van der Waals surface area contributed by atoms with Gasteiger partial charge in [-0.15, -0.1) is 4.83 Å². The lowest BCUT2D eigenvalue weighted by Crippen LogP contribution is -2.66. The molecule has 7 N–H and O–H groups in total. The first kappa shape index (κ1) is 18.9. The Kier molecular flexibility index (Phi) is 5.17. The summed E-state index contributed by atoms with van der Waals surface area (Å²) in [6, 6.07) is -0.168. The summed E-state index contributed by atoms with van der Waals surface area (Å²) in [6.45, 7) is -0.133. The molecule has 0 saturated carbocycles. The number of phenols is 2. The number of hydrogen-bond donors (Lipinski definition) is 6. The standard InChI is InChI=1S/C11H12BrN5O7S/c12-5-2-8(19)7(18)1-4(5)9(20)14-16-25(23,24)15-11(22)17-3-6(13)10(17)21/h1-2,6,16,18-19H,3,13H2,(H,14,20)(H,15,22)/t6-/m0/s1. The minimum Gasteiger partial charge on any atom is -0.504 e. The summed E-state index contributed by atoms with van der Waals surface area (Å²) in [5.74, 6) is -2.83. The maximum Gasteiger partial charge on any atom is 0.338 e. The number of nitrogens with zero attached hydrogens (tertiary/aromatic N) is 1. The minimum atomic E-state index is -4.52. The van der Waals surface area contributed by atoms with Crippen LogP contribution in [0.25, 0.3) is 0 Å². The van der Waals surface area contributed by atoms with Crippen LogP contribution in [0.4, 0.5) is 4.79 Å². The Hall–Kier alpha value is -2.42. The number of hydrazine groups is 1. The highest BCUT2D eigenvalue weighted by molar-refractivity contribution is 9.10. The summed E-state index contributed by atoms with van der Waals surface area (Å²) >= 11 is 2.96. The van der Waals surface area contributed by atoms with Gasteiger partial charge < -0.3 is 15.9 Å². The molecular weight excluding hydrogens is 426 g/mol. The summed E-state index contributed by atoms with van der Waals surface area (Å²) in [6.07, 6.45) is 0. The number of hydrogen-bond acceptors (Lipinski definition) is 8. The fourth-order valence-electron chi connectivity index (χ4n) is 1.74. The van der Waals surface area contributed by atoms with Crippen LogP contribution >= 0.6 is 15.9 Å². The quantitative estimate of drug-likeness (QED) is 0.181. The highest BCUT2D eigenvalue weighted by Crippen LogP contribution is 2.31. The number of carbonyl (C=O) groups is 3. The van der Waals surface area contributed by atoms with Gasteiger partial charge in [0.25, 0.3) is 5.91 Å². The number of carbonyl (C=O) groups excluding carboxylic acids is 3. The van der Waals surface area contributed by atoms with Crippen LogP contribution in [0, 0.1) is 0 Å². The third kappa shape index (κ3) is 4.16. The number of benzene rings is 1. The number of likely N-dealkylation sites (tertiary alicyclic amines) is 1. The van der Waals surface area contributed by atoms with Crippen molar-refractivity contribution in [3.8, 4) is 11.5 Å². The van der Waals surface area contributed by atoms with Crippen LogP contribution in [0.15, 0.2) is 16.6 Å². The smallest absolute Gasteiger partial charge is 0.338 e. The molecule has 12 nitrogen and oxygen atoms in total. The maximum absolute atomic E-state index is 11.9. The molecule has 0 spiro atoms. The number of rotatable bonds is 4. The Morgan fingerprint density at radius 1 is 1.28 bits per heavy atom. The first-order valence-electron chi connectivity index (χ1n) is 6.44. The SMILES string of the molecule is N[C@H]1CN(C(=O)NS(=O)(=O)NNC(=O)c2cc(O)c(O)cc2Br)C1=O. The number of aromatic hydroxyl groups is 2. The summed E-state index contributed by atoms with van der Waals surface area (Å²) in [7, 11) is -4.52. The first-order valence-corrected chi connectivity index (χ1v) is 8.71. The number of halogens is 1. The molecule has 0 unspecified atom stereocenters. The highest BCUT2D eigenvalue weighted by Gasteiger charge is 2.39. The molecule has 1 atom stereocenters. The Labute approximate surface area is 149 Å². The van der Waals surface area contributed by atoms with E-state index in [4.69, 9.17) is 5.73 Å². The van der Waals surface area contributed by atoms with Gasteiger partial charge in [0.05, 0.1) is 12.1 Å². The van der Waals surface area contributed by atoms with E-state index < -0.39 is 45.6 Å². The second-order valence-corrected chi connectivity index (χ2v) is 7.11. The van der Waals surface area contributed by atoms with Gasteiger partial charge in [-0.05, 0) is 28.1 Å². The van der Waals surface area contributed by atoms with Gasteiger partial charge in [0.15, 0.2) is 11.5 Å². The lowest BCUT2D eigenvalue weighted by molar-refractivity contribution is -0.137. The van der Waals surface area contributed by atoms with Gasteiger partial charge in [-0.25, -0.2) is 9.52 Å². The van der Waals surface area contributed by atoms with Crippen molar-refractivity contribution in [3.05, 3.63) is 22.2 Å². The molecular formula is C11H12BrN5O7S. The van der Waals surface area contributed by atoms with Crippen molar-refractivity contribution in [2.75, 3.05) is 6.54 Å². The van der Waals surface area contributed by atoms with E-state index in [1.807, 2.05) is 0 Å². The van der Waals surface area contributed by atoms with E-state index in [9.17, 15) is 33.0 Å². The first-order chi connectivity index (χ1) is 11.5. The van der Waals surface area contributed by atoms with E-state index in [2.05, 4.69) is 15.9 Å². The zero-order chi connectivity index (χ0) is 18.9. The Morgan fingerprint density at radius 2 is 1.88 bits per heavy atom. The van der Waals surface area contributed by atoms with Gasteiger partial charge in [-0.2, -0.15) is 8.42 Å². The van der Waals surface area contributed by atoms with Crippen LogP contribution in [-0.4, -0.2) is 54.0 Å². The molecule has 4 amide bonds. The van der Waals surface area contributed by atoms with Crippen LogP contribution in [0.5, 0.6) is 11.5 Å². The van der Waals surface area contributed by atoms with E-state index in [-0.39, 0.29) is 16.6 Å². The zero-order valence-electron chi connectivity index (χ0n) is 12.2. The molecule has 2 rings (SSSR count). The van der Waals surface area contributed by atoms with Crippen molar-refractivity contribution in [1.82, 2.24) is 19.9 Å². The number of imide groups is 1. The van der Waals surface area contributed by atoms with Crippen molar-refractivity contribution in [1.29, 1.82) is 0 Å². The molecule has 0 aromatic heterocycles. The van der Waals surface area contributed by atoms with E-state index in [0.717, 1.165) is 12.1 Å². The predicted octanol–water partition coefficient (Wildman–Crippen LogP) is -1.78. The van der Waals surface area contributed by atoms with Crippen LogP contribution in [0.3, 0.4) is 0 Å². The number of nitrogens with one attached hydrogen (secondary N) is 3. The molecule has 0 radical (unpaired) electrons. The summed E-state index contributed by atoms with van der Waals surface area (Å²) in [5, 5.41) is 18.6. The monoisotopic (exact) mass is 437 g/mol. The fourth-order valence-corrected chi connectivity index (χ4v) is 2.87. The normalized spacial score (nSPS) is 17.0. The van der Waals surface area contributed by atoms with Gasteiger partial charge in [-0.3, -0.25) is 19.9 Å². The van der Waals surface area contributed by atoms with Crippen LogP contribution in [0.1, 0.15) is 10.4 Å². The van der Waals surface area contributed by atoms with Gasteiger partial charge >= 0.3 is 16.2 Å². The van der Waals surface area contributed by atoms with Crippen molar-refractivity contribution >= 4 is 44.0 Å². The molecule has 14 heteroatoms. The highest BCUT2D eigenvalue weighted by atomic mass is 79.9. The Morgan fingerprint density at radius 3 is 2.44 bits per heavy atom. The molecule has 136 valence electrons. The molecule has 1 aliphatic rings. The van der Waals surface area contributed by atoms with Crippen LogP contribution < -0.4 is 20.7 Å². The molecule has 0 aliphatic carbocycles. The number of nitrogens with two attached hydrogens (primary N) is 1. The van der Waals surface area contributed by atoms with Crippen molar-refractivity contribution in [2.24, 2.45) is 5.73 Å². The number of urea groups is 1. The average molecular weight is 438 g/mol. The van der Waals surface area contributed by atoms with Crippen LogP contribution in [0.2, 0.25) is 0 Å². The predicted molar refractivity (Wildman–Crippen MR) is 85.2 cm³/mol. The molecule has 1 aromatic carbocycles. The number of phenolic OH excluding ortho intramolecular Hbond substituents is 2. The van der Waals surface area contributed by atoms with E-state index in [0.29, 0.717) is 4.90 Å². The molecule has 1 aliphatic heterocycles. The lowest BCUT2D eigenvalue weighted by atomic mass is 10.1. The molecule has 1 fully saturated rings. The topological polar surface area (TPSA) is 191 Å². The number of amides is 4. The van der Waals surface area contributed by atoms with Crippen LogP contribution in [-0.2, 0) is 15.0 Å². The van der Waals surface area contributed by atoms with E-state index >= 15 is 0 Å². The van der Waals surface area contributed by atoms with E-state index in [1.165, 1.54) is 4.72 Å². The maximum atomic E-state index is 11.9. The van der Waals surface area contributed by atoms with Crippen molar-refractivity contribution in [2.45, 2.75) is 6.04 Å². The third-order valence-electron chi connectivity index (χ3n) is 3.04. The molecule has 1 heterocycles. The van der Waals surface area contributed by atoms with Gasteiger partial charge in [0.2, 0.25) is 5.91 Å². The van der Waals surface area contributed by atoms with Gasteiger partial charge in [0.1, 0.15) is 6.04 Å². The molecule has 1 saturated heterocycles. The lowest BCUT2D eigenvalue weighted by Gasteiger charge is -2.33. The second kappa shape index (κ2) is 6.83. The average Bonchev–Trinajstić information content (AvgIpc) is 2.52. The Balaban J connectivity index is 1.98. The van der Waals surface area contributed by atoms with Gasteiger partial charge in [0, 0.05) is 4.47 Å². The Bertz CT molecular complexity index is 859. The fraction of sp³-hybridized carbons (Fsp3) is 0.182. The zero-order valence-corrected chi connectivity index (χ0v) is 14.6. The third-order valence-corrected chi connectivity index (χ3v) is 4.51. The van der Waals surface area contributed by atoms with Crippen molar-refractivity contribution in [3.63, 3.8) is 0 Å². The summed E-state index contributed by atoms with van der Waals surface area (Å²) in [4.78, 5) is 36.9. The molecule has 1 aromatic rings. The van der Waals surface area contributed by atoms with Crippen molar-refractivity contribution < 1.29 is 33.0 Å². The number of β-lactam (4-membered cyclic amide) rings is 1. The molecule has 0 bridgehead atoms. The summed E-state index contributed by atoms with van der Waals surface area (Å²) in [5.41, 5.74) is 6.86. The summed E-state index contributed by atoms with van der Waals surface area (Å²) < 4.78 is 25.0.